The zero-order chi connectivity index (χ0) is 38.1. The molecule has 0 N–H and O–H groups in total. The van der Waals surface area contributed by atoms with Gasteiger partial charge in [0.25, 0.3) is 0 Å². The van der Waals surface area contributed by atoms with Gasteiger partial charge in [0.05, 0.1) is 5.56 Å². The second-order valence-corrected chi connectivity index (χ2v) is 15.9. The highest BCUT2D eigenvalue weighted by molar-refractivity contribution is 6.09. The summed E-state index contributed by atoms with van der Waals surface area (Å²) in [5.41, 5.74) is 13.2. The van der Waals surface area contributed by atoms with Gasteiger partial charge in [-0.1, -0.05) is 147 Å². The van der Waals surface area contributed by atoms with Crippen LogP contribution in [-0.4, -0.2) is 15.0 Å². The van der Waals surface area contributed by atoms with Crippen LogP contribution in [0.15, 0.2) is 162 Å². The number of benzene rings is 7. The average molecular weight is 738 g/mol. The molecular formula is C52H39N3O2. The number of hydrogen-bond acceptors (Lipinski definition) is 5. The van der Waals surface area contributed by atoms with Crippen molar-refractivity contribution >= 4 is 21.9 Å². The Balaban J connectivity index is 1.01. The van der Waals surface area contributed by atoms with Crippen LogP contribution in [0.2, 0.25) is 0 Å². The summed E-state index contributed by atoms with van der Waals surface area (Å²) in [5, 5.41) is 2.15. The van der Waals surface area contributed by atoms with Crippen LogP contribution in [0.1, 0.15) is 54.0 Å². The molecule has 1 atom stereocenters. The van der Waals surface area contributed by atoms with Gasteiger partial charge in [-0.25, -0.2) is 15.0 Å². The summed E-state index contributed by atoms with van der Waals surface area (Å²) >= 11 is 0. The summed E-state index contributed by atoms with van der Waals surface area (Å²) in [5.74, 6) is 4.11. The molecule has 5 nitrogen and oxygen atoms in total. The van der Waals surface area contributed by atoms with Crippen LogP contribution in [0.3, 0.4) is 0 Å². The topological polar surface area (TPSA) is 61.0 Å². The predicted octanol–water partition coefficient (Wildman–Crippen LogP) is 13.1. The molecule has 57 heavy (non-hydrogen) atoms. The third-order valence-corrected chi connectivity index (χ3v) is 12.2. The van der Waals surface area contributed by atoms with Crippen LogP contribution in [0, 0.1) is 0 Å². The Hall–Kier alpha value is -6.85. The van der Waals surface area contributed by atoms with Crippen molar-refractivity contribution < 1.29 is 9.15 Å². The molecule has 0 fully saturated rings. The third kappa shape index (κ3) is 5.56. The number of aromatic nitrogens is 3. The number of hydrogen-bond donors (Lipinski definition) is 0. The summed E-state index contributed by atoms with van der Waals surface area (Å²) in [6.07, 6.45) is 2.85. The number of fused-ring (bicyclic) bond motifs is 9. The Morgan fingerprint density at radius 1 is 0.561 bits per heavy atom. The van der Waals surface area contributed by atoms with E-state index in [1.807, 2.05) is 60.7 Å². The van der Waals surface area contributed by atoms with E-state index in [1.54, 1.807) is 0 Å². The molecule has 1 aliphatic heterocycles. The quantitative estimate of drug-likeness (QED) is 0.180. The van der Waals surface area contributed by atoms with Gasteiger partial charge in [0.1, 0.15) is 22.7 Å². The van der Waals surface area contributed by atoms with Gasteiger partial charge >= 0.3 is 0 Å². The molecular weight excluding hydrogens is 699 g/mol. The van der Waals surface area contributed by atoms with Crippen LogP contribution < -0.4 is 4.74 Å². The molecule has 0 radical (unpaired) electrons. The molecule has 0 unspecified atom stereocenters. The van der Waals surface area contributed by atoms with Crippen molar-refractivity contribution in [2.45, 2.75) is 44.4 Å². The Labute approximate surface area is 331 Å². The fourth-order valence-corrected chi connectivity index (χ4v) is 9.17. The van der Waals surface area contributed by atoms with Crippen LogP contribution in [0.4, 0.5) is 0 Å². The zero-order valence-electron chi connectivity index (χ0n) is 31.9. The summed E-state index contributed by atoms with van der Waals surface area (Å²) in [6.45, 7) is 4.64. The lowest BCUT2D eigenvalue weighted by Gasteiger charge is -2.37. The van der Waals surface area contributed by atoms with Gasteiger partial charge < -0.3 is 9.15 Å². The minimum absolute atomic E-state index is 0.166. The van der Waals surface area contributed by atoms with E-state index in [-0.39, 0.29) is 5.41 Å². The zero-order valence-corrected chi connectivity index (χ0v) is 31.9. The summed E-state index contributed by atoms with van der Waals surface area (Å²) in [4.78, 5) is 15.0. The van der Waals surface area contributed by atoms with Gasteiger partial charge in [-0.15, -0.1) is 0 Å². The fraction of sp³-hybridized carbons (Fsp3) is 0.135. The van der Waals surface area contributed by atoms with Gasteiger partial charge in [0.2, 0.25) is 0 Å². The molecule has 2 aliphatic rings. The number of furan rings is 1. The Kier molecular flexibility index (Phi) is 7.71. The second-order valence-electron chi connectivity index (χ2n) is 15.9. The molecule has 0 spiro atoms. The number of para-hydroxylation sites is 2. The monoisotopic (exact) mass is 737 g/mol. The molecule has 0 bridgehead atoms. The van der Waals surface area contributed by atoms with E-state index in [2.05, 4.69) is 111 Å². The highest BCUT2D eigenvalue weighted by atomic mass is 16.5. The first-order valence-electron chi connectivity index (χ1n) is 19.8. The SMILES string of the molecule is CC1(C)c2ccccc2Oc2c1ccc1c2CC[C@H](c2ccc3oc4c(-c5nc(-c6ccccc6)nc(-c6ccccc6)n5)cccc4c3c2)Cc2ccccc2-1. The normalized spacial score (nSPS) is 15.4. The van der Waals surface area contributed by atoms with E-state index >= 15 is 0 Å². The van der Waals surface area contributed by atoms with Crippen molar-refractivity contribution in [2.75, 3.05) is 0 Å². The van der Waals surface area contributed by atoms with Crippen molar-refractivity contribution in [3.8, 4) is 56.8 Å². The van der Waals surface area contributed by atoms with Crippen LogP contribution in [0.25, 0.3) is 67.2 Å². The maximum atomic E-state index is 6.85. The smallest absolute Gasteiger partial charge is 0.167 e. The van der Waals surface area contributed by atoms with Gasteiger partial charge in [0.15, 0.2) is 17.5 Å². The molecule has 274 valence electrons. The molecule has 9 aromatic rings. The number of rotatable bonds is 4. The summed E-state index contributed by atoms with van der Waals surface area (Å²) in [7, 11) is 0. The van der Waals surface area contributed by atoms with Crippen molar-refractivity contribution in [1.82, 2.24) is 15.0 Å². The first-order valence-corrected chi connectivity index (χ1v) is 19.8. The molecule has 0 saturated carbocycles. The Morgan fingerprint density at radius 2 is 1.25 bits per heavy atom. The van der Waals surface area contributed by atoms with E-state index in [0.29, 0.717) is 23.4 Å². The van der Waals surface area contributed by atoms with Crippen molar-refractivity contribution in [1.29, 1.82) is 0 Å². The Morgan fingerprint density at radius 3 is 2.04 bits per heavy atom. The largest absolute Gasteiger partial charge is 0.456 e. The minimum Gasteiger partial charge on any atom is -0.456 e. The van der Waals surface area contributed by atoms with Gasteiger partial charge in [0, 0.05) is 44.0 Å². The molecule has 0 saturated heterocycles. The van der Waals surface area contributed by atoms with E-state index in [0.717, 1.165) is 69.4 Å². The predicted molar refractivity (Wildman–Crippen MR) is 229 cm³/mol. The highest BCUT2D eigenvalue weighted by Gasteiger charge is 2.37. The molecule has 3 heterocycles. The minimum atomic E-state index is -0.166. The number of ether oxygens (including phenoxy) is 1. The standard InChI is InChI=1S/C52H39N3O2/c1-52(2)43-22-11-12-23-46(43)57-48-40-26-24-34(30-36-18-9-10-19-37(36)38(40)27-28-44(48)52)35-25-29-45-42(31-35)39-20-13-21-41(47(39)56-45)51-54-49(32-14-5-3-6-15-32)53-50(55-51)33-16-7-4-8-17-33/h3-23,25,27-29,31,34H,24,26,30H2,1-2H3/t34-/m0/s1. The summed E-state index contributed by atoms with van der Waals surface area (Å²) < 4.78 is 13.6. The second kappa shape index (κ2) is 13.1. The molecule has 1 aliphatic carbocycles. The van der Waals surface area contributed by atoms with E-state index < -0.39 is 0 Å². The van der Waals surface area contributed by atoms with Gasteiger partial charge in [-0.2, -0.15) is 0 Å². The lowest BCUT2D eigenvalue weighted by Crippen LogP contribution is -2.25. The van der Waals surface area contributed by atoms with E-state index in [1.165, 1.54) is 38.9 Å². The van der Waals surface area contributed by atoms with Crippen LogP contribution in [-0.2, 0) is 18.3 Å². The highest BCUT2D eigenvalue weighted by Crippen LogP contribution is 2.52. The van der Waals surface area contributed by atoms with E-state index in [4.69, 9.17) is 24.1 Å². The van der Waals surface area contributed by atoms with Crippen molar-refractivity contribution in [3.05, 3.63) is 186 Å². The first-order chi connectivity index (χ1) is 28.0. The van der Waals surface area contributed by atoms with Crippen molar-refractivity contribution in [2.24, 2.45) is 0 Å². The maximum Gasteiger partial charge on any atom is 0.167 e. The maximum absolute atomic E-state index is 6.85. The Bertz CT molecular complexity index is 2950. The fourth-order valence-electron chi connectivity index (χ4n) is 9.17. The molecule has 2 aromatic heterocycles. The summed E-state index contributed by atoms with van der Waals surface area (Å²) in [6, 6.07) is 55.3. The lowest BCUT2D eigenvalue weighted by atomic mass is 9.73. The molecule has 7 aromatic carbocycles. The average Bonchev–Trinajstić information content (AvgIpc) is 3.63. The third-order valence-electron chi connectivity index (χ3n) is 12.2. The van der Waals surface area contributed by atoms with Gasteiger partial charge in [-0.3, -0.25) is 0 Å². The number of nitrogens with zero attached hydrogens (tertiary/aromatic N) is 3. The van der Waals surface area contributed by atoms with Crippen LogP contribution in [0.5, 0.6) is 11.5 Å². The van der Waals surface area contributed by atoms with Crippen LogP contribution >= 0.6 is 0 Å². The molecule has 11 rings (SSSR count). The molecule has 0 amide bonds. The van der Waals surface area contributed by atoms with Gasteiger partial charge in [-0.05, 0) is 71.7 Å². The van der Waals surface area contributed by atoms with E-state index in [9.17, 15) is 0 Å². The first kappa shape index (κ1) is 33.5. The lowest BCUT2D eigenvalue weighted by molar-refractivity contribution is 0.411. The van der Waals surface area contributed by atoms with Crippen molar-refractivity contribution in [3.63, 3.8) is 0 Å². The molecule has 5 heteroatoms.